The lowest BCUT2D eigenvalue weighted by molar-refractivity contribution is -0.136. The average Bonchev–Trinajstić information content (AvgIpc) is 2.61. The molecule has 1 aromatic heterocycles. The molecule has 1 aliphatic rings. The molecule has 1 N–H and O–H groups in total. The number of carbonyl (C=O) groups is 1. The fraction of sp³-hybridized carbons (Fsp3) is 0.600. The van der Waals surface area contributed by atoms with E-state index in [-0.39, 0.29) is 12.5 Å². The van der Waals surface area contributed by atoms with Crippen molar-refractivity contribution in [3.05, 3.63) is 16.9 Å². The third-order valence-electron chi connectivity index (χ3n) is 2.68. The van der Waals surface area contributed by atoms with Crippen LogP contribution in [-0.2, 0) is 16.0 Å². The lowest BCUT2D eigenvalue weighted by Gasteiger charge is -2.23. The van der Waals surface area contributed by atoms with Crippen LogP contribution in [0, 0.1) is 0 Å². The van der Waals surface area contributed by atoms with Gasteiger partial charge in [0.2, 0.25) is 0 Å². The summed E-state index contributed by atoms with van der Waals surface area (Å²) in [5, 5.41) is 13.3. The quantitative estimate of drug-likeness (QED) is 0.876. The molecule has 2 rings (SSSR count). The summed E-state index contributed by atoms with van der Waals surface area (Å²) in [4.78, 5) is 10.6. The SMILES string of the molecule is O=C(O)Cc1cnn(C2CCOCC2)c1Cl. The third-order valence-corrected chi connectivity index (χ3v) is 3.10. The zero-order chi connectivity index (χ0) is 11.5. The van der Waals surface area contributed by atoms with Crippen molar-refractivity contribution < 1.29 is 14.6 Å². The molecule has 0 bridgehead atoms. The molecule has 0 saturated carbocycles. The molecule has 1 saturated heterocycles. The summed E-state index contributed by atoms with van der Waals surface area (Å²) in [7, 11) is 0. The normalized spacial score (nSPS) is 17.6. The molecule has 16 heavy (non-hydrogen) atoms. The highest BCUT2D eigenvalue weighted by Gasteiger charge is 2.21. The van der Waals surface area contributed by atoms with E-state index in [0.717, 1.165) is 12.8 Å². The van der Waals surface area contributed by atoms with Gasteiger partial charge in [-0.2, -0.15) is 5.10 Å². The van der Waals surface area contributed by atoms with Crippen molar-refractivity contribution in [2.45, 2.75) is 25.3 Å². The molecule has 2 heterocycles. The maximum absolute atomic E-state index is 10.6. The molecule has 6 heteroatoms. The van der Waals surface area contributed by atoms with E-state index >= 15 is 0 Å². The van der Waals surface area contributed by atoms with Crippen molar-refractivity contribution in [2.75, 3.05) is 13.2 Å². The number of aliphatic carboxylic acids is 1. The van der Waals surface area contributed by atoms with Gasteiger partial charge in [-0.05, 0) is 12.8 Å². The Bertz CT molecular complexity index is 385. The predicted molar refractivity (Wildman–Crippen MR) is 57.7 cm³/mol. The van der Waals surface area contributed by atoms with Gasteiger partial charge in [-0.1, -0.05) is 11.6 Å². The van der Waals surface area contributed by atoms with Crippen LogP contribution < -0.4 is 0 Å². The van der Waals surface area contributed by atoms with Crippen molar-refractivity contribution in [1.29, 1.82) is 0 Å². The molecule has 1 fully saturated rings. The average molecular weight is 245 g/mol. The highest BCUT2D eigenvalue weighted by Crippen LogP contribution is 2.26. The summed E-state index contributed by atoms with van der Waals surface area (Å²) in [6, 6.07) is 0.226. The van der Waals surface area contributed by atoms with Gasteiger partial charge in [0.25, 0.3) is 0 Å². The van der Waals surface area contributed by atoms with E-state index in [1.807, 2.05) is 0 Å². The molecule has 0 unspecified atom stereocenters. The monoisotopic (exact) mass is 244 g/mol. The van der Waals surface area contributed by atoms with Gasteiger partial charge in [0.05, 0.1) is 18.7 Å². The molecule has 1 aliphatic heterocycles. The first-order valence-electron chi connectivity index (χ1n) is 5.20. The number of rotatable bonds is 3. The lowest BCUT2D eigenvalue weighted by atomic mass is 10.1. The van der Waals surface area contributed by atoms with Gasteiger partial charge in [0.15, 0.2) is 0 Å². The molecule has 0 atom stereocenters. The highest BCUT2D eigenvalue weighted by molar-refractivity contribution is 6.30. The molecule has 5 nitrogen and oxygen atoms in total. The van der Waals surface area contributed by atoms with Crippen LogP contribution in [0.2, 0.25) is 5.15 Å². The first kappa shape index (κ1) is 11.4. The summed E-state index contributed by atoms with van der Waals surface area (Å²) in [6.45, 7) is 1.41. The highest BCUT2D eigenvalue weighted by atomic mass is 35.5. The summed E-state index contributed by atoms with van der Waals surface area (Å²) in [5.41, 5.74) is 0.570. The number of carboxylic acids is 1. The Morgan fingerprint density at radius 3 is 2.94 bits per heavy atom. The van der Waals surface area contributed by atoms with Crippen LogP contribution >= 0.6 is 11.6 Å². The van der Waals surface area contributed by atoms with Gasteiger partial charge in [-0.3, -0.25) is 9.48 Å². The molecular formula is C10H13ClN2O3. The van der Waals surface area contributed by atoms with Crippen LogP contribution in [0.25, 0.3) is 0 Å². The largest absolute Gasteiger partial charge is 0.481 e. The minimum atomic E-state index is -0.895. The van der Waals surface area contributed by atoms with Crippen molar-refractivity contribution in [3.63, 3.8) is 0 Å². The molecule has 0 radical (unpaired) electrons. The van der Waals surface area contributed by atoms with Gasteiger partial charge < -0.3 is 9.84 Å². The Balaban J connectivity index is 2.15. The first-order valence-corrected chi connectivity index (χ1v) is 5.57. The van der Waals surface area contributed by atoms with Gasteiger partial charge >= 0.3 is 5.97 Å². The van der Waals surface area contributed by atoms with Crippen LogP contribution in [0.1, 0.15) is 24.4 Å². The summed E-state index contributed by atoms with van der Waals surface area (Å²) in [6.07, 6.45) is 3.19. The van der Waals surface area contributed by atoms with E-state index in [9.17, 15) is 4.79 Å². The second kappa shape index (κ2) is 4.84. The smallest absolute Gasteiger partial charge is 0.307 e. The lowest BCUT2D eigenvalue weighted by Crippen LogP contribution is -2.20. The molecule has 1 aromatic rings. The summed E-state index contributed by atoms with van der Waals surface area (Å²) in [5.74, 6) is -0.895. The number of nitrogens with zero attached hydrogens (tertiary/aromatic N) is 2. The second-order valence-corrected chi connectivity index (χ2v) is 4.18. The third kappa shape index (κ3) is 2.36. The molecule has 0 amide bonds. The van der Waals surface area contributed by atoms with E-state index in [2.05, 4.69) is 5.10 Å². The zero-order valence-corrected chi connectivity index (χ0v) is 9.48. The number of halogens is 1. The topological polar surface area (TPSA) is 64.3 Å². The van der Waals surface area contributed by atoms with Gasteiger partial charge in [0, 0.05) is 18.8 Å². The maximum atomic E-state index is 10.6. The van der Waals surface area contributed by atoms with Crippen molar-refractivity contribution >= 4 is 17.6 Å². The van der Waals surface area contributed by atoms with Crippen molar-refractivity contribution in [3.8, 4) is 0 Å². The van der Waals surface area contributed by atoms with Gasteiger partial charge in [-0.15, -0.1) is 0 Å². The van der Waals surface area contributed by atoms with E-state index in [1.54, 1.807) is 4.68 Å². The molecule has 88 valence electrons. The minimum absolute atomic E-state index is 0.0813. The number of hydrogen-bond donors (Lipinski definition) is 1. The van der Waals surface area contributed by atoms with E-state index in [4.69, 9.17) is 21.4 Å². The summed E-state index contributed by atoms with van der Waals surface area (Å²) < 4.78 is 6.96. The van der Waals surface area contributed by atoms with Crippen LogP contribution in [0.5, 0.6) is 0 Å². The molecular weight excluding hydrogens is 232 g/mol. The number of carboxylic acid groups (broad SMARTS) is 1. The number of ether oxygens (including phenoxy) is 1. The fourth-order valence-corrected chi connectivity index (χ4v) is 2.15. The standard InChI is InChI=1S/C10H13ClN2O3/c11-10-7(5-9(14)15)6-12-13(10)8-1-3-16-4-2-8/h6,8H,1-5H2,(H,14,15). The number of hydrogen-bond acceptors (Lipinski definition) is 3. The Morgan fingerprint density at radius 1 is 1.62 bits per heavy atom. The van der Waals surface area contributed by atoms with E-state index in [1.165, 1.54) is 6.20 Å². The van der Waals surface area contributed by atoms with Crippen LogP contribution in [-0.4, -0.2) is 34.1 Å². The Morgan fingerprint density at radius 2 is 2.31 bits per heavy atom. The Hall–Kier alpha value is -1.07. The van der Waals surface area contributed by atoms with E-state index in [0.29, 0.717) is 23.9 Å². The van der Waals surface area contributed by atoms with Crippen LogP contribution in [0.15, 0.2) is 6.20 Å². The molecule has 0 aliphatic carbocycles. The van der Waals surface area contributed by atoms with E-state index < -0.39 is 5.97 Å². The number of aromatic nitrogens is 2. The van der Waals surface area contributed by atoms with Gasteiger partial charge in [-0.25, -0.2) is 0 Å². The molecule has 0 spiro atoms. The predicted octanol–water partition coefficient (Wildman–Crippen LogP) is 1.52. The molecule has 0 aromatic carbocycles. The van der Waals surface area contributed by atoms with Crippen LogP contribution in [0.3, 0.4) is 0 Å². The van der Waals surface area contributed by atoms with Crippen molar-refractivity contribution in [2.24, 2.45) is 0 Å². The Kier molecular flexibility index (Phi) is 3.46. The minimum Gasteiger partial charge on any atom is -0.481 e. The second-order valence-electron chi connectivity index (χ2n) is 3.82. The summed E-state index contributed by atoms with van der Waals surface area (Å²) >= 11 is 6.10. The zero-order valence-electron chi connectivity index (χ0n) is 8.73. The Labute approximate surface area is 98.0 Å². The van der Waals surface area contributed by atoms with Crippen molar-refractivity contribution in [1.82, 2.24) is 9.78 Å². The van der Waals surface area contributed by atoms with Crippen LogP contribution in [0.4, 0.5) is 0 Å². The first-order chi connectivity index (χ1) is 7.68. The fourth-order valence-electron chi connectivity index (χ4n) is 1.85. The van der Waals surface area contributed by atoms with Gasteiger partial charge in [0.1, 0.15) is 5.15 Å². The maximum Gasteiger partial charge on any atom is 0.307 e.